The summed E-state index contributed by atoms with van der Waals surface area (Å²) in [6.45, 7) is 4.96. The van der Waals surface area contributed by atoms with Crippen LogP contribution in [0.1, 0.15) is 6.92 Å². The summed E-state index contributed by atoms with van der Waals surface area (Å²) < 4.78 is 4.16. The molecule has 0 fully saturated rings. The zero-order valence-electron chi connectivity index (χ0n) is 9.42. The molecule has 0 saturated heterocycles. The second-order valence-electron chi connectivity index (χ2n) is 3.51. The molecule has 0 saturated carbocycles. The summed E-state index contributed by atoms with van der Waals surface area (Å²) in [6.07, 6.45) is 3.73. The molecule has 7 heteroatoms. The summed E-state index contributed by atoms with van der Waals surface area (Å²) in [5.41, 5.74) is 1.94. The van der Waals surface area contributed by atoms with Crippen molar-refractivity contribution in [1.82, 2.24) is 14.5 Å². The van der Waals surface area contributed by atoms with Crippen LogP contribution in [0.5, 0.6) is 0 Å². The first-order valence-electron chi connectivity index (χ1n) is 5.30. The number of aryl methyl sites for hydroxylation is 1. The third kappa shape index (κ3) is 1.99. The Balaban J connectivity index is 0.000000329. The molecular formula is C10H12N6S. The number of thiocyanates is 1. The van der Waals surface area contributed by atoms with Crippen molar-refractivity contribution in [2.75, 3.05) is 11.9 Å². The highest BCUT2D eigenvalue weighted by molar-refractivity contribution is 7.64. The van der Waals surface area contributed by atoms with E-state index < -0.39 is 0 Å². The number of nitrogens with zero attached hydrogens (tertiary/aromatic N) is 5. The number of nitriles is 1. The molecule has 6 nitrogen and oxygen atoms in total. The molecule has 0 unspecified atom stereocenters. The Hall–Kier alpha value is -1.94. The number of fused-ring (bicyclic) bond motifs is 3. The van der Waals surface area contributed by atoms with E-state index >= 15 is 0 Å². The average Bonchev–Trinajstić information content (AvgIpc) is 2.95. The molecule has 3 heterocycles. The van der Waals surface area contributed by atoms with Crippen LogP contribution in [0.25, 0.3) is 11.2 Å². The summed E-state index contributed by atoms with van der Waals surface area (Å²) in [5.74, 6) is 1.10. The second-order valence-corrected chi connectivity index (χ2v) is 3.69. The second kappa shape index (κ2) is 4.93. The first-order valence-corrected chi connectivity index (χ1v) is 5.71. The summed E-state index contributed by atoms with van der Waals surface area (Å²) in [6, 6.07) is 0. The lowest BCUT2D eigenvalue weighted by Crippen LogP contribution is -2.31. The molecule has 88 valence electrons. The van der Waals surface area contributed by atoms with E-state index in [2.05, 4.69) is 44.0 Å². The molecule has 0 aliphatic carbocycles. The van der Waals surface area contributed by atoms with Gasteiger partial charge in [0, 0.05) is 6.54 Å². The molecule has 2 aromatic rings. The van der Waals surface area contributed by atoms with Crippen molar-refractivity contribution in [1.29, 1.82) is 5.26 Å². The highest BCUT2D eigenvalue weighted by Crippen LogP contribution is 2.17. The fourth-order valence-corrected chi connectivity index (χ4v) is 1.88. The van der Waals surface area contributed by atoms with Crippen LogP contribution in [-0.2, 0) is 25.7 Å². The van der Waals surface area contributed by atoms with Gasteiger partial charge in [-0.25, -0.2) is 14.8 Å². The topological polar surface area (TPSA) is 70.4 Å². The molecular weight excluding hydrogens is 236 g/mol. The van der Waals surface area contributed by atoms with Gasteiger partial charge in [-0.1, -0.05) is 10.4 Å². The van der Waals surface area contributed by atoms with Crippen LogP contribution in [-0.4, -0.2) is 21.1 Å². The number of anilines is 1. The molecule has 0 aromatic carbocycles. The van der Waals surface area contributed by atoms with Gasteiger partial charge in [-0.2, -0.15) is 0 Å². The monoisotopic (exact) mass is 248 g/mol. The quantitative estimate of drug-likeness (QED) is 0.443. The molecule has 1 aliphatic heterocycles. The van der Waals surface area contributed by atoms with Crippen LogP contribution in [0.2, 0.25) is 0 Å². The van der Waals surface area contributed by atoms with Gasteiger partial charge in [-0.05, 0) is 6.92 Å². The predicted molar refractivity (Wildman–Crippen MR) is 64.9 cm³/mol. The standard InChI is InChI=1S/C9H11N5.CHNS/c1-2-13-5-11-7-8-10-3-4-14(8)6-12-9(7)13;2-1-3/h5-6H,2-4H2,1H3;3H. The molecule has 3 rings (SSSR count). The van der Waals surface area contributed by atoms with E-state index in [1.807, 2.05) is 12.7 Å². The molecule has 0 radical (unpaired) electrons. The van der Waals surface area contributed by atoms with Gasteiger partial charge in [0.1, 0.15) is 6.54 Å². The average molecular weight is 248 g/mol. The minimum absolute atomic E-state index is 0.910. The molecule has 2 aromatic heterocycles. The third-order valence-electron chi connectivity index (χ3n) is 2.63. The first-order chi connectivity index (χ1) is 8.31. The Kier molecular flexibility index (Phi) is 3.35. The molecule has 0 bridgehead atoms. The van der Waals surface area contributed by atoms with Gasteiger partial charge < -0.3 is 22.5 Å². The summed E-state index contributed by atoms with van der Waals surface area (Å²) >= 11 is 3.70. The van der Waals surface area contributed by atoms with Gasteiger partial charge in [-0.3, -0.25) is 0 Å². The lowest BCUT2D eigenvalue weighted by molar-refractivity contribution is -0.672. The number of aromatic nitrogens is 4. The number of rotatable bonds is 1. The van der Waals surface area contributed by atoms with Crippen molar-refractivity contribution in [3.63, 3.8) is 0 Å². The summed E-state index contributed by atoms with van der Waals surface area (Å²) in [5, 5.41) is 11.8. The number of imidazole rings is 1. The van der Waals surface area contributed by atoms with Crippen LogP contribution >= 0.6 is 0 Å². The Morgan fingerprint density at radius 3 is 3.12 bits per heavy atom. The Morgan fingerprint density at radius 1 is 1.65 bits per heavy atom. The van der Waals surface area contributed by atoms with E-state index in [0.29, 0.717) is 0 Å². The van der Waals surface area contributed by atoms with Gasteiger partial charge in [0.05, 0.1) is 12.9 Å². The third-order valence-corrected chi connectivity index (χ3v) is 2.63. The summed E-state index contributed by atoms with van der Waals surface area (Å²) in [7, 11) is 0. The number of nitrogens with one attached hydrogen (secondary N) is 1. The molecule has 1 N–H and O–H groups in total. The van der Waals surface area contributed by atoms with E-state index in [4.69, 9.17) is 5.26 Å². The van der Waals surface area contributed by atoms with Gasteiger partial charge in [0.15, 0.2) is 5.52 Å². The largest absolute Gasteiger partial charge is 0.696 e. The molecule has 1 aliphatic rings. The van der Waals surface area contributed by atoms with Crippen LogP contribution < -0.4 is 9.88 Å². The van der Waals surface area contributed by atoms with E-state index in [1.54, 1.807) is 0 Å². The first kappa shape index (κ1) is 11.5. The Labute approximate surface area is 104 Å². The summed E-state index contributed by atoms with van der Waals surface area (Å²) in [4.78, 5) is 8.79. The lowest BCUT2D eigenvalue weighted by atomic mass is 10.5. The molecule has 0 atom stereocenters. The molecule has 0 spiro atoms. The maximum absolute atomic E-state index is 7.13. The highest BCUT2D eigenvalue weighted by atomic mass is 32.1. The van der Waals surface area contributed by atoms with Crippen molar-refractivity contribution >= 4 is 29.6 Å². The fourth-order valence-electron chi connectivity index (χ4n) is 1.88. The normalized spacial score (nSPS) is 12.2. The van der Waals surface area contributed by atoms with Crippen LogP contribution in [0, 0.1) is 10.7 Å². The van der Waals surface area contributed by atoms with Gasteiger partial charge in [0.2, 0.25) is 12.0 Å². The van der Waals surface area contributed by atoms with E-state index in [9.17, 15) is 0 Å². The van der Waals surface area contributed by atoms with Gasteiger partial charge in [-0.15, -0.1) is 0 Å². The van der Waals surface area contributed by atoms with Crippen molar-refractivity contribution < 1.29 is 4.57 Å². The van der Waals surface area contributed by atoms with Crippen LogP contribution in [0.4, 0.5) is 5.82 Å². The maximum Gasteiger partial charge on any atom is 0.253 e. The van der Waals surface area contributed by atoms with Crippen molar-refractivity contribution in [3.8, 4) is 5.40 Å². The predicted octanol–water partition coefficient (Wildman–Crippen LogP) is 0.179. The van der Waals surface area contributed by atoms with Crippen molar-refractivity contribution in [2.45, 2.75) is 20.0 Å². The highest BCUT2D eigenvalue weighted by Gasteiger charge is 2.22. The van der Waals surface area contributed by atoms with Crippen LogP contribution in [0.15, 0.2) is 12.7 Å². The van der Waals surface area contributed by atoms with Gasteiger partial charge in [0.25, 0.3) is 5.82 Å². The number of hydrogen-bond acceptors (Lipinski definition) is 5. The fraction of sp³-hybridized carbons (Fsp3) is 0.400. The minimum atomic E-state index is 0.910. The number of hydrogen-bond donors (Lipinski definition) is 1. The minimum Gasteiger partial charge on any atom is -0.696 e. The van der Waals surface area contributed by atoms with E-state index in [1.165, 1.54) is 5.40 Å². The van der Waals surface area contributed by atoms with E-state index in [0.717, 1.165) is 36.6 Å². The SMILES string of the molecule is CCn1cnc2c3[n+](cnc21)CCN3.N#C[S-]. The van der Waals surface area contributed by atoms with Crippen LogP contribution in [0.3, 0.4) is 0 Å². The van der Waals surface area contributed by atoms with E-state index in [-0.39, 0.29) is 0 Å². The molecule has 17 heavy (non-hydrogen) atoms. The zero-order valence-corrected chi connectivity index (χ0v) is 10.2. The smallest absolute Gasteiger partial charge is 0.253 e. The van der Waals surface area contributed by atoms with Gasteiger partial charge >= 0.3 is 0 Å². The van der Waals surface area contributed by atoms with Crippen molar-refractivity contribution in [3.05, 3.63) is 12.7 Å². The lowest BCUT2D eigenvalue weighted by Gasteiger charge is -1.96. The zero-order chi connectivity index (χ0) is 12.3. The molecule has 0 amide bonds. The maximum atomic E-state index is 7.13. The Morgan fingerprint density at radius 2 is 2.41 bits per heavy atom. The Bertz CT molecular complexity index is 570. The van der Waals surface area contributed by atoms with Crippen molar-refractivity contribution in [2.24, 2.45) is 0 Å².